The minimum absolute atomic E-state index is 0.862. The van der Waals surface area contributed by atoms with E-state index in [1.807, 2.05) is 0 Å². The van der Waals surface area contributed by atoms with E-state index in [1.165, 1.54) is 78.2 Å². The molecule has 4 heteroatoms. The molecule has 3 rings (SSSR count). The largest absolute Gasteiger partial charge is 0.306 e. The second-order valence-corrected chi connectivity index (χ2v) is 7.29. The zero-order valence-corrected chi connectivity index (χ0v) is 13.4. The highest BCUT2D eigenvalue weighted by Gasteiger charge is 2.33. The summed E-state index contributed by atoms with van der Waals surface area (Å²) < 4.78 is 0. The van der Waals surface area contributed by atoms with Gasteiger partial charge in [0.05, 0.1) is 0 Å². The normalized spacial score (nSPS) is 29.7. The summed E-state index contributed by atoms with van der Waals surface area (Å²) in [6.07, 6.45) is 4.28. The van der Waals surface area contributed by atoms with E-state index in [0.717, 1.165) is 12.0 Å². The van der Waals surface area contributed by atoms with Gasteiger partial charge in [0.1, 0.15) is 0 Å². The lowest BCUT2D eigenvalue weighted by Gasteiger charge is -2.48. The summed E-state index contributed by atoms with van der Waals surface area (Å²) in [5, 5.41) is 0. The number of rotatable bonds is 4. The summed E-state index contributed by atoms with van der Waals surface area (Å²) in [5.74, 6) is 0.994. The van der Waals surface area contributed by atoms with Gasteiger partial charge in [-0.15, -0.1) is 0 Å². The first-order valence-electron chi connectivity index (χ1n) is 8.54. The maximum Gasteiger partial charge on any atom is 0.0351 e. The standard InChI is InChI=1S/C16H32N4/c1-17-6-3-15(4-7-17)5-8-19-13-16(14-19)20-11-9-18(2)10-12-20/h15-16H,3-14H2,1-2H3. The number of likely N-dealkylation sites (tertiary alicyclic amines) is 2. The highest BCUT2D eigenvalue weighted by atomic mass is 15.3. The highest BCUT2D eigenvalue weighted by Crippen LogP contribution is 2.22. The van der Waals surface area contributed by atoms with Crippen molar-refractivity contribution in [2.24, 2.45) is 5.92 Å². The first kappa shape index (κ1) is 14.8. The summed E-state index contributed by atoms with van der Waals surface area (Å²) in [4.78, 5) is 10.3. The minimum Gasteiger partial charge on any atom is -0.306 e. The Bertz CT molecular complexity index is 284. The Hall–Kier alpha value is -0.160. The molecule has 0 aromatic carbocycles. The van der Waals surface area contributed by atoms with E-state index in [4.69, 9.17) is 0 Å². The summed E-state index contributed by atoms with van der Waals surface area (Å²) in [7, 11) is 4.50. The molecule has 3 saturated heterocycles. The first-order valence-corrected chi connectivity index (χ1v) is 8.54. The van der Waals surface area contributed by atoms with Crippen molar-refractivity contribution in [2.75, 3.05) is 73.0 Å². The van der Waals surface area contributed by atoms with Crippen LogP contribution in [-0.2, 0) is 0 Å². The SMILES string of the molecule is CN1CCC(CCN2CC(N3CCN(C)CC3)C2)CC1. The summed E-state index contributed by atoms with van der Waals surface area (Å²) in [6.45, 7) is 11.7. The molecule has 0 aromatic rings. The Morgan fingerprint density at radius 1 is 0.800 bits per heavy atom. The molecule has 0 spiro atoms. The van der Waals surface area contributed by atoms with Crippen LogP contribution in [0.3, 0.4) is 0 Å². The second kappa shape index (κ2) is 6.73. The average molecular weight is 280 g/mol. The van der Waals surface area contributed by atoms with Gasteiger partial charge in [-0.25, -0.2) is 0 Å². The quantitative estimate of drug-likeness (QED) is 0.749. The third kappa shape index (κ3) is 3.73. The Kier molecular flexibility index (Phi) is 4.97. The van der Waals surface area contributed by atoms with Gasteiger partial charge in [-0.05, 0) is 58.9 Å². The van der Waals surface area contributed by atoms with Crippen LogP contribution in [0.15, 0.2) is 0 Å². The molecule has 0 unspecified atom stereocenters. The molecule has 0 atom stereocenters. The fourth-order valence-corrected chi connectivity index (χ4v) is 3.86. The van der Waals surface area contributed by atoms with Gasteiger partial charge >= 0.3 is 0 Å². The lowest BCUT2D eigenvalue weighted by atomic mass is 9.93. The van der Waals surface area contributed by atoms with Crippen LogP contribution >= 0.6 is 0 Å². The maximum atomic E-state index is 2.71. The van der Waals surface area contributed by atoms with Gasteiger partial charge in [0.25, 0.3) is 0 Å². The number of piperazine rings is 1. The van der Waals surface area contributed by atoms with Crippen molar-refractivity contribution in [1.29, 1.82) is 0 Å². The van der Waals surface area contributed by atoms with Crippen molar-refractivity contribution < 1.29 is 0 Å². The second-order valence-electron chi connectivity index (χ2n) is 7.29. The predicted octanol–water partition coefficient (Wildman–Crippen LogP) is 0.650. The zero-order valence-electron chi connectivity index (χ0n) is 13.4. The Morgan fingerprint density at radius 3 is 2.05 bits per heavy atom. The van der Waals surface area contributed by atoms with E-state index in [9.17, 15) is 0 Å². The number of nitrogens with zero attached hydrogens (tertiary/aromatic N) is 4. The monoisotopic (exact) mass is 280 g/mol. The zero-order chi connectivity index (χ0) is 13.9. The molecule has 3 aliphatic rings. The molecule has 0 N–H and O–H groups in total. The lowest BCUT2D eigenvalue weighted by Crippen LogP contribution is -2.62. The van der Waals surface area contributed by atoms with Gasteiger partial charge in [-0.1, -0.05) is 0 Å². The highest BCUT2D eigenvalue weighted by molar-refractivity contribution is 4.90. The van der Waals surface area contributed by atoms with Crippen LogP contribution in [0, 0.1) is 5.92 Å². The smallest absolute Gasteiger partial charge is 0.0351 e. The van der Waals surface area contributed by atoms with E-state index in [2.05, 4.69) is 33.7 Å². The van der Waals surface area contributed by atoms with Gasteiger partial charge in [0.2, 0.25) is 0 Å². The van der Waals surface area contributed by atoms with Crippen LogP contribution in [0.4, 0.5) is 0 Å². The van der Waals surface area contributed by atoms with E-state index in [0.29, 0.717) is 0 Å². The third-order valence-electron chi connectivity index (χ3n) is 5.68. The van der Waals surface area contributed by atoms with Crippen LogP contribution in [0.25, 0.3) is 0 Å². The molecule has 3 aliphatic heterocycles. The van der Waals surface area contributed by atoms with Gasteiger partial charge in [-0.3, -0.25) is 4.90 Å². The molecule has 0 aliphatic carbocycles. The molecule has 0 bridgehead atoms. The fraction of sp³-hybridized carbons (Fsp3) is 1.00. The average Bonchev–Trinajstić information content (AvgIpc) is 2.41. The van der Waals surface area contributed by atoms with Gasteiger partial charge in [-0.2, -0.15) is 0 Å². The van der Waals surface area contributed by atoms with Gasteiger partial charge < -0.3 is 14.7 Å². The van der Waals surface area contributed by atoms with E-state index < -0.39 is 0 Å². The van der Waals surface area contributed by atoms with Crippen LogP contribution in [-0.4, -0.2) is 98.6 Å². The van der Waals surface area contributed by atoms with Crippen LogP contribution in [0.2, 0.25) is 0 Å². The molecule has 3 heterocycles. The van der Waals surface area contributed by atoms with Crippen molar-refractivity contribution >= 4 is 0 Å². The number of piperidine rings is 1. The van der Waals surface area contributed by atoms with Crippen molar-refractivity contribution in [3.05, 3.63) is 0 Å². The molecule has 20 heavy (non-hydrogen) atoms. The molecule has 0 saturated carbocycles. The summed E-state index contributed by atoms with van der Waals surface area (Å²) in [6, 6.07) is 0.862. The molecule has 4 nitrogen and oxygen atoms in total. The fourth-order valence-electron chi connectivity index (χ4n) is 3.86. The molecular weight excluding hydrogens is 248 g/mol. The Morgan fingerprint density at radius 2 is 1.40 bits per heavy atom. The maximum absolute atomic E-state index is 2.71. The van der Waals surface area contributed by atoms with Crippen molar-refractivity contribution in [3.63, 3.8) is 0 Å². The lowest BCUT2D eigenvalue weighted by molar-refractivity contribution is 0.00596. The predicted molar refractivity (Wildman–Crippen MR) is 84.1 cm³/mol. The molecule has 0 aromatic heterocycles. The van der Waals surface area contributed by atoms with E-state index >= 15 is 0 Å². The van der Waals surface area contributed by atoms with Crippen LogP contribution in [0.5, 0.6) is 0 Å². The van der Waals surface area contributed by atoms with Gasteiger partial charge in [0.15, 0.2) is 0 Å². The van der Waals surface area contributed by atoms with Crippen molar-refractivity contribution in [3.8, 4) is 0 Å². The molecule has 0 radical (unpaired) electrons. The third-order valence-corrected chi connectivity index (χ3v) is 5.68. The molecule has 0 amide bonds. The minimum atomic E-state index is 0.862. The van der Waals surface area contributed by atoms with Crippen LogP contribution < -0.4 is 0 Å². The molecular formula is C16H32N4. The van der Waals surface area contributed by atoms with Crippen molar-refractivity contribution in [1.82, 2.24) is 19.6 Å². The van der Waals surface area contributed by atoms with Crippen molar-refractivity contribution in [2.45, 2.75) is 25.3 Å². The van der Waals surface area contributed by atoms with Crippen LogP contribution in [0.1, 0.15) is 19.3 Å². The Labute approximate surface area is 124 Å². The summed E-state index contributed by atoms with van der Waals surface area (Å²) in [5.41, 5.74) is 0. The molecule has 116 valence electrons. The van der Waals surface area contributed by atoms with E-state index in [1.54, 1.807) is 0 Å². The number of hydrogen-bond donors (Lipinski definition) is 0. The van der Waals surface area contributed by atoms with Gasteiger partial charge in [0, 0.05) is 45.3 Å². The molecule has 3 fully saturated rings. The number of hydrogen-bond acceptors (Lipinski definition) is 4. The van der Waals surface area contributed by atoms with E-state index in [-0.39, 0.29) is 0 Å². The topological polar surface area (TPSA) is 13.0 Å². The summed E-state index contributed by atoms with van der Waals surface area (Å²) >= 11 is 0. The Balaban J connectivity index is 1.29. The number of likely N-dealkylation sites (N-methyl/N-ethyl adjacent to an activating group) is 1. The first-order chi connectivity index (χ1) is 9.70.